The molecule has 4 aliphatic rings. The summed E-state index contributed by atoms with van der Waals surface area (Å²) in [6.07, 6.45) is 11.9. The molecule has 0 aliphatic heterocycles. The molecule has 4 aliphatic carbocycles. The summed E-state index contributed by atoms with van der Waals surface area (Å²) in [6.45, 7) is 19.6. The summed E-state index contributed by atoms with van der Waals surface area (Å²) in [6, 6.07) is 0. The normalized spacial score (nSPS) is 51.1. The zero-order valence-electron chi connectivity index (χ0n) is 22.6. The zero-order valence-corrected chi connectivity index (χ0v) is 22.6. The molecule has 0 bridgehead atoms. The average molecular weight is 447 g/mol. The standard InChI is InChI=1S/C30H54O2/c1-19(2)10-9-11-20(3)21-12-16-30(8)26(21)22(31)18-24-28(6)15-14-25(32)27(4,5)23(28)13-17-29(24,30)7/h19-26,31-32H,9-18H2,1-8H3/t20?,21?,22?,23?,24?,25-,26?,28-,29?,30+/m0/s1. The Kier molecular flexibility index (Phi) is 6.45. The van der Waals surface area contributed by atoms with Crippen LogP contribution in [0.1, 0.15) is 120 Å². The third kappa shape index (κ3) is 3.47. The van der Waals surface area contributed by atoms with Crippen LogP contribution in [-0.4, -0.2) is 22.4 Å². The van der Waals surface area contributed by atoms with Gasteiger partial charge in [-0.2, -0.15) is 0 Å². The molecule has 0 aromatic rings. The quantitative estimate of drug-likeness (QED) is 0.460. The summed E-state index contributed by atoms with van der Waals surface area (Å²) in [4.78, 5) is 0. The predicted molar refractivity (Wildman–Crippen MR) is 134 cm³/mol. The van der Waals surface area contributed by atoms with Crippen molar-refractivity contribution in [1.29, 1.82) is 0 Å². The Hall–Kier alpha value is -0.0800. The summed E-state index contributed by atoms with van der Waals surface area (Å²) < 4.78 is 0. The van der Waals surface area contributed by atoms with Crippen molar-refractivity contribution >= 4 is 0 Å². The molecule has 4 saturated carbocycles. The topological polar surface area (TPSA) is 40.5 Å². The van der Waals surface area contributed by atoms with Gasteiger partial charge in [0.25, 0.3) is 0 Å². The zero-order chi connectivity index (χ0) is 23.7. The highest BCUT2D eigenvalue weighted by Gasteiger charge is 2.70. The van der Waals surface area contributed by atoms with E-state index in [-0.39, 0.29) is 28.5 Å². The van der Waals surface area contributed by atoms with Crippen LogP contribution < -0.4 is 0 Å². The van der Waals surface area contributed by atoms with Crippen molar-refractivity contribution in [3.05, 3.63) is 0 Å². The van der Waals surface area contributed by atoms with Gasteiger partial charge in [0.2, 0.25) is 0 Å². The van der Waals surface area contributed by atoms with Crippen LogP contribution >= 0.6 is 0 Å². The van der Waals surface area contributed by atoms with E-state index in [1.165, 1.54) is 44.9 Å². The first kappa shape index (κ1) is 25.0. The molecule has 2 nitrogen and oxygen atoms in total. The SMILES string of the molecule is CC(C)CCCC(C)C1CC[C@]2(C)C1C(O)CC1C2(C)CCC2C(C)(C)[C@@H](O)CC[C@@]21C. The summed E-state index contributed by atoms with van der Waals surface area (Å²) in [5, 5.41) is 22.6. The fourth-order valence-electron chi connectivity index (χ4n) is 10.5. The largest absolute Gasteiger partial charge is 0.393 e. The molecule has 186 valence electrons. The molecule has 2 heteroatoms. The number of aliphatic hydroxyl groups excluding tert-OH is 2. The Morgan fingerprint density at radius 3 is 2.09 bits per heavy atom. The van der Waals surface area contributed by atoms with E-state index in [1.807, 2.05) is 0 Å². The van der Waals surface area contributed by atoms with Crippen LogP contribution in [0.25, 0.3) is 0 Å². The predicted octanol–water partition coefficient (Wildman–Crippen LogP) is 7.47. The summed E-state index contributed by atoms with van der Waals surface area (Å²) in [5.41, 5.74) is 0.791. The molecular formula is C30H54O2. The molecule has 0 heterocycles. The van der Waals surface area contributed by atoms with Crippen LogP contribution in [-0.2, 0) is 0 Å². The third-order valence-corrected chi connectivity index (χ3v) is 12.6. The van der Waals surface area contributed by atoms with E-state index in [4.69, 9.17) is 0 Å². The molecule has 7 unspecified atom stereocenters. The first-order valence-corrected chi connectivity index (χ1v) is 14.1. The van der Waals surface area contributed by atoms with Gasteiger partial charge in [0.05, 0.1) is 12.2 Å². The van der Waals surface area contributed by atoms with E-state index in [9.17, 15) is 10.2 Å². The third-order valence-electron chi connectivity index (χ3n) is 12.6. The van der Waals surface area contributed by atoms with Gasteiger partial charge in [-0.15, -0.1) is 0 Å². The monoisotopic (exact) mass is 446 g/mol. The first-order valence-electron chi connectivity index (χ1n) is 14.1. The fraction of sp³-hybridized carbons (Fsp3) is 1.00. The smallest absolute Gasteiger partial charge is 0.0594 e. The van der Waals surface area contributed by atoms with Gasteiger partial charge in [-0.25, -0.2) is 0 Å². The van der Waals surface area contributed by atoms with Crippen molar-refractivity contribution < 1.29 is 10.2 Å². The summed E-state index contributed by atoms with van der Waals surface area (Å²) >= 11 is 0. The van der Waals surface area contributed by atoms with Gasteiger partial charge in [-0.05, 0) is 102 Å². The molecule has 4 fully saturated rings. The van der Waals surface area contributed by atoms with E-state index < -0.39 is 0 Å². The maximum atomic E-state index is 11.8. The van der Waals surface area contributed by atoms with Crippen LogP contribution in [0.4, 0.5) is 0 Å². The van der Waals surface area contributed by atoms with Crippen molar-refractivity contribution in [3.8, 4) is 0 Å². The van der Waals surface area contributed by atoms with Crippen molar-refractivity contribution in [2.45, 2.75) is 132 Å². The second-order valence-corrected chi connectivity index (χ2v) is 14.7. The van der Waals surface area contributed by atoms with Crippen molar-refractivity contribution in [3.63, 3.8) is 0 Å². The Labute approximate surface area is 199 Å². The molecule has 0 saturated heterocycles. The van der Waals surface area contributed by atoms with Gasteiger partial charge < -0.3 is 10.2 Å². The molecule has 10 atom stereocenters. The Balaban J connectivity index is 1.61. The molecule has 0 radical (unpaired) electrons. The van der Waals surface area contributed by atoms with Crippen LogP contribution in [0, 0.1) is 57.2 Å². The highest BCUT2D eigenvalue weighted by atomic mass is 16.3. The maximum Gasteiger partial charge on any atom is 0.0594 e. The minimum Gasteiger partial charge on any atom is -0.393 e. The minimum absolute atomic E-state index is 0.0137. The highest BCUT2D eigenvalue weighted by molar-refractivity contribution is 5.19. The van der Waals surface area contributed by atoms with E-state index in [0.29, 0.717) is 29.1 Å². The van der Waals surface area contributed by atoms with Crippen molar-refractivity contribution in [1.82, 2.24) is 0 Å². The molecular weight excluding hydrogens is 392 g/mol. The van der Waals surface area contributed by atoms with Crippen LogP contribution in [0.2, 0.25) is 0 Å². The molecule has 0 amide bonds. The summed E-state index contributed by atoms with van der Waals surface area (Å²) in [7, 11) is 0. The number of fused-ring (bicyclic) bond motifs is 5. The van der Waals surface area contributed by atoms with Gasteiger partial charge in [-0.3, -0.25) is 0 Å². The van der Waals surface area contributed by atoms with Gasteiger partial charge >= 0.3 is 0 Å². The van der Waals surface area contributed by atoms with Gasteiger partial charge in [0.15, 0.2) is 0 Å². The molecule has 4 rings (SSSR count). The summed E-state index contributed by atoms with van der Waals surface area (Å²) in [5.74, 6) is 3.83. The lowest BCUT2D eigenvalue weighted by atomic mass is 9.35. The molecule has 0 aromatic heterocycles. The number of aliphatic hydroxyl groups is 2. The van der Waals surface area contributed by atoms with E-state index >= 15 is 0 Å². The van der Waals surface area contributed by atoms with Crippen LogP contribution in [0.5, 0.6) is 0 Å². The lowest BCUT2D eigenvalue weighted by Crippen LogP contribution is -2.66. The molecule has 2 N–H and O–H groups in total. The number of hydrogen-bond donors (Lipinski definition) is 2. The van der Waals surface area contributed by atoms with Gasteiger partial charge in [0, 0.05) is 0 Å². The van der Waals surface area contributed by atoms with Crippen LogP contribution in [0.3, 0.4) is 0 Å². The Morgan fingerprint density at radius 1 is 0.781 bits per heavy atom. The molecule has 0 aromatic carbocycles. The second kappa shape index (κ2) is 8.25. The van der Waals surface area contributed by atoms with Gasteiger partial charge in [0.1, 0.15) is 0 Å². The van der Waals surface area contributed by atoms with E-state index in [1.54, 1.807) is 0 Å². The minimum atomic E-state index is -0.177. The Morgan fingerprint density at radius 2 is 1.44 bits per heavy atom. The Bertz CT molecular complexity index is 684. The van der Waals surface area contributed by atoms with Crippen molar-refractivity contribution in [2.24, 2.45) is 57.2 Å². The number of hydrogen-bond acceptors (Lipinski definition) is 2. The number of rotatable bonds is 5. The highest BCUT2D eigenvalue weighted by Crippen LogP contribution is 2.75. The van der Waals surface area contributed by atoms with Crippen LogP contribution in [0.15, 0.2) is 0 Å². The fourth-order valence-corrected chi connectivity index (χ4v) is 10.5. The first-order chi connectivity index (χ1) is 14.8. The lowest BCUT2D eigenvalue weighted by Gasteiger charge is -2.70. The second-order valence-electron chi connectivity index (χ2n) is 14.7. The maximum absolute atomic E-state index is 11.8. The lowest BCUT2D eigenvalue weighted by molar-refractivity contribution is -0.242. The molecule has 0 spiro atoms. The molecule has 32 heavy (non-hydrogen) atoms. The van der Waals surface area contributed by atoms with E-state index in [2.05, 4.69) is 55.4 Å². The van der Waals surface area contributed by atoms with Crippen molar-refractivity contribution in [2.75, 3.05) is 0 Å². The van der Waals surface area contributed by atoms with Gasteiger partial charge in [-0.1, -0.05) is 74.7 Å². The average Bonchev–Trinajstić information content (AvgIpc) is 3.07. The van der Waals surface area contributed by atoms with E-state index in [0.717, 1.165) is 31.1 Å².